The van der Waals surface area contributed by atoms with Crippen molar-refractivity contribution in [3.63, 3.8) is 0 Å². The maximum Gasteiger partial charge on any atom is 0.142 e. The Bertz CT molecular complexity index is 636. The van der Waals surface area contributed by atoms with Crippen molar-refractivity contribution in [1.82, 2.24) is 0 Å². The molecule has 17 heavy (non-hydrogen) atoms. The number of aromatic hydroxyl groups is 1. The van der Waals surface area contributed by atoms with Gasteiger partial charge < -0.3 is 5.11 Å². The van der Waals surface area contributed by atoms with Crippen LogP contribution in [0.4, 0.5) is 4.39 Å². The molecule has 0 fully saturated rings. The van der Waals surface area contributed by atoms with E-state index in [0.717, 1.165) is 16.3 Å². The summed E-state index contributed by atoms with van der Waals surface area (Å²) in [6.45, 7) is 3.62. The lowest BCUT2D eigenvalue weighted by atomic mass is 9.95. The second-order valence-corrected chi connectivity index (χ2v) is 4.08. The number of phenols is 1. The predicted molar refractivity (Wildman–Crippen MR) is 67.6 cm³/mol. The van der Waals surface area contributed by atoms with E-state index in [-0.39, 0.29) is 17.1 Å². The minimum Gasteiger partial charge on any atom is -0.508 e. The van der Waals surface area contributed by atoms with Gasteiger partial charge in [0.15, 0.2) is 0 Å². The van der Waals surface area contributed by atoms with Gasteiger partial charge in [0.05, 0.1) is 5.56 Å². The molecule has 0 amide bonds. The summed E-state index contributed by atoms with van der Waals surface area (Å²) in [6, 6.07) is 4.96. The fourth-order valence-corrected chi connectivity index (χ4v) is 2.15. The van der Waals surface area contributed by atoms with Crippen molar-refractivity contribution >= 4 is 10.8 Å². The maximum absolute atomic E-state index is 13.9. The normalized spacial score (nSPS) is 10.5. The summed E-state index contributed by atoms with van der Waals surface area (Å²) < 4.78 is 13.9. The topological polar surface area (TPSA) is 20.2 Å². The molecule has 0 heterocycles. The molecule has 86 valence electrons. The first-order chi connectivity index (χ1) is 8.08. The first-order valence-electron chi connectivity index (χ1n) is 5.49. The highest BCUT2D eigenvalue weighted by Crippen LogP contribution is 2.31. The summed E-state index contributed by atoms with van der Waals surface area (Å²) in [5.41, 5.74) is 1.65. The number of fused-ring (bicyclic) bond motifs is 1. The van der Waals surface area contributed by atoms with Crippen LogP contribution in [0.5, 0.6) is 5.75 Å². The third kappa shape index (κ3) is 1.74. The number of aryl methyl sites for hydroxylation is 2. The van der Waals surface area contributed by atoms with Crippen molar-refractivity contribution in [1.29, 1.82) is 0 Å². The summed E-state index contributed by atoms with van der Waals surface area (Å²) in [5, 5.41) is 11.1. The van der Waals surface area contributed by atoms with E-state index in [1.807, 2.05) is 6.92 Å². The van der Waals surface area contributed by atoms with Crippen LogP contribution < -0.4 is 0 Å². The van der Waals surface area contributed by atoms with Gasteiger partial charge in [-0.1, -0.05) is 12.8 Å². The maximum atomic E-state index is 13.9. The highest BCUT2D eigenvalue weighted by atomic mass is 19.1. The van der Waals surface area contributed by atoms with Crippen molar-refractivity contribution in [3.05, 3.63) is 40.7 Å². The molecule has 0 bridgehead atoms. The lowest BCUT2D eigenvalue weighted by Gasteiger charge is -2.11. The van der Waals surface area contributed by atoms with Crippen LogP contribution in [0.1, 0.15) is 23.6 Å². The van der Waals surface area contributed by atoms with Crippen LogP contribution in [-0.2, 0) is 6.42 Å². The van der Waals surface area contributed by atoms with Crippen LogP contribution in [0.25, 0.3) is 10.8 Å². The van der Waals surface area contributed by atoms with Crippen molar-refractivity contribution < 1.29 is 9.50 Å². The Morgan fingerprint density at radius 3 is 2.65 bits per heavy atom. The number of phenolic OH excluding ortho intramolecular Hbond substituents is 1. The molecule has 0 aromatic heterocycles. The fraction of sp³-hybridized carbons (Fsp3) is 0.200. The number of rotatable bonds is 1. The van der Waals surface area contributed by atoms with Crippen molar-refractivity contribution in [3.8, 4) is 18.1 Å². The SMILES string of the molecule is C#Cc1c(F)c(C)cc2cc(O)cc(CC)c12. The molecular weight excluding hydrogens is 215 g/mol. The van der Waals surface area contributed by atoms with E-state index in [1.54, 1.807) is 25.1 Å². The minimum absolute atomic E-state index is 0.184. The molecule has 2 heteroatoms. The Morgan fingerprint density at radius 2 is 2.06 bits per heavy atom. The third-order valence-corrected chi connectivity index (χ3v) is 2.95. The second-order valence-electron chi connectivity index (χ2n) is 4.08. The van der Waals surface area contributed by atoms with E-state index in [1.165, 1.54) is 0 Å². The van der Waals surface area contributed by atoms with E-state index in [4.69, 9.17) is 6.42 Å². The zero-order valence-corrected chi connectivity index (χ0v) is 9.84. The quantitative estimate of drug-likeness (QED) is 0.740. The minimum atomic E-state index is -0.347. The van der Waals surface area contributed by atoms with Crippen LogP contribution >= 0.6 is 0 Å². The Kier molecular flexibility index (Phi) is 2.77. The van der Waals surface area contributed by atoms with Gasteiger partial charge in [0.2, 0.25) is 0 Å². The van der Waals surface area contributed by atoms with Crippen molar-refractivity contribution in [2.75, 3.05) is 0 Å². The molecule has 0 aliphatic carbocycles. The fourth-order valence-electron chi connectivity index (χ4n) is 2.15. The Hall–Kier alpha value is -2.01. The van der Waals surface area contributed by atoms with Crippen LogP contribution in [-0.4, -0.2) is 5.11 Å². The summed E-state index contributed by atoms with van der Waals surface area (Å²) in [7, 11) is 0. The highest BCUT2D eigenvalue weighted by Gasteiger charge is 2.13. The van der Waals surface area contributed by atoms with Gasteiger partial charge in [-0.15, -0.1) is 6.42 Å². The average Bonchev–Trinajstić information content (AvgIpc) is 2.30. The van der Waals surface area contributed by atoms with Gasteiger partial charge >= 0.3 is 0 Å². The molecule has 2 aromatic rings. The molecule has 0 saturated carbocycles. The molecule has 2 rings (SSSR count). The third-order valence-electron chi connectivity index (χ3n) is 2.95. The second kappa shape index (κ2) is 4.10. The molecule has 0 unspecified atom stereocenters. The highest BCUT2D eigenvalue weighted by molar-refractivity contribution is 5.93. The van der Waals surface area contributed by atoms with Gasteiger partial charge in [0.25, 0.3) is 0 Å². The van der Waals surface area contributed by atoms with Crippen molar-refractivity contribution in [2.24, 2.45) is 0 Å². The zero-order chi connectivity index (χ0) is 12.6. The van der Waals surface area contributed by atoms with E-state index < -0.39 is 0 Å². The van der Waals surface area contributed by atoms with E-state index in [2.05, 4.69) is 5.92 Å². The molecule has 0 aliphatic rings. The Morgan fingerprint density at radius 1 is 1.35 bits per heavy atom. The number of halogens is 1. The van der Waals surface area contributed by atoms with Crippen LogP contribution in [0.15, 0.2) is 18.2 Å². The molecular formula is C15H13FO. The Labute approximate surface area is 99.9 Å². The number of terminal acetylenes is 1. The van der Waals surface area contributed by atoms with Crippen molar-refractivity contribution in [2.45, 2.75) is 20.3 Å². The largest absolute Gasteiger partial charge is 0.508 e. The van der Waals surface area contributed by atoms with Crippen LogP contribution in [0.3, 0.4) is 0 Å². The average molecular weight is 228 g/mol. The number of hydrogen-bond acceptors (Lipinski definition) is 1. The van der Waals surface area contributed by atoms with Gasteiger partial charge in [0, 0.05) is 5.39 Å². The smallest absolute Gasteiger partial charge is 0.142 e. The summed E-state index contributed by atoms with van der Waals surface area (Å²) in [5.74, 6) is 2.25. The van der Waals surface area contributed by atoms with E-state index >= 15 is 0 Å². The van der Waals surface area contributed by atoms with Gasteiger partial charge in [0.1, 0.15) is 11.6 Å². The molecule has 0 saturated heterocycles. The zero-order valence-electron chi connectivity index (χ0n) is 9.84. The molecule has 0 spiro atoms. The van der Waals surface area contributed by atoms with Gasteiger partial charge in [-0.3, -0.25) is 0 Å². The van der Waals surface area contributed by atoms with Crippen LogP contribution in [0, 0.1) is 25.1 Å². The summed E-state index contributed by atoms with van der Waals surface area (Å²) in [4.78, 5) is 0. The summed E-state index contributed by atoms with van der Waals surface area (Å²) >= 11 is 0. The molecule has 0 atom stereocenters. The lowest BCUT2D eigenvalue weighted by molar-refractivity contribution is 0.475. The predicted octanol–water partition coefficient (Wildman–Crippen LogP) is 3.54. The van der Waals surface area contributed by atoms with E-state index in [0.29, 0.717) is 12.0 Å². The molecule has 0 aliphatic heterocycles. The Balaban J connectivity index is 3.02. The number of hydrogen-bond donors (Lipinski definition) is 1. The molecule has 2 aromatic carbocycles. The first-order valence-corrected chi connectivity index (χ1v) is 5.49. The molecule has 1 N–H and O–H groups in total. The lowest BCUT2D eigenvalue weighted by Crippen LogP contribution is -1.95. The molecule has 1 nitrogen and oxygen atoms in total. The molecule has 0 radical (unpaired) electrons. The van der Waals surface area contributed by atoms with Gasteiger partial charge in [-0.05, 0) is 48.1 Å². The standard InChI is InChI=1S/C15H13FO/c1-4-10-7-12(17)8-11-6-9(3)15(16)13(5-2)14(10)11/h2,6-8,17H,4H2,1,3H3. The van der Waals surface area contributed by atoms with Gasteiger partial charge in [-0.2, -0.15) is 0 Å². The summed E-state index contributed by atoms with van der Waals surface area (Å²) in [6.07, 6.45) is 6.09. The monoisotopic (exact) mass is 228 g/mol. The first kappa shape index (κ1) is 11.5. The van der Waals surface area contributed by atoms with E-state index in [9.17, 15) is 9.50 Å². The van der Waals surface area contributed by atoms with Gasteiger partial charge in [-0.25, -0.2) is 4.39 Å². The number of benzene rings is 2. The van der Waals surface area contributed by atoms with Crippen LogP contribution in [0.2, 0.25) is 0 Å².